The predicted octanol–water partition coefficient (Wildman–Crippen LogP) is 4.31. The Kier molecular flexibility index (Phi) is 7.63. The maximum atomic E-state index is 13.5. The molecule has 204 valence electrons. The van der Waals surface area contributed by atoms with Crippen molar-refractivity contribution in [1.29, 1.82) is 0 Å². The molecule has 39 heavy (non-hydrogen) atoms. The number of anilines is 1. The topological polar surface area (TPSA) is 66.9 Å². The van der Waals surface area contributed by atoms with Crippen LogP contribution in [-0.4, -0.2) is 67.8 Å². The van der Waals surface area contributed by atoms with Crippen LogP contribution in [0.1, 0.15) is 24.8 Å². The number of hydrogen-bond acceptors (Lipinski definition) is 6. The number of aromatic nitrogens is 1. The number of hydrogen-bond donors (Lipinski definition) is 1. The van der Waals surface area contributed by atoms with Crippen molar-refractivity contribution in [1.82, 2.24) is 15.2 Å². The van der Waals surface area contributed by atoms with Crippen molar-refractivity contribution in [3.8, 4) is 22.8 Å². The summed E-state index contributed by atoms with van der Waals surface area (Å²) in [5, 5.41) is 3.39. The van der Waals surface area contributed by atoms with Crippen LogP contribution in [-0.2, 0) is 11.2 Å². The van der Waals surface area contributed by atoms with Crippen molar-refractivity contribution in [2.45, 2.75) is 31.7 Å². The quantitative estimate of drug-likeness (QED) is 0.468. The lowest BCUT2D eigenvalue weighted by atomic mass is 10.0. The van der Waals surface area contributed by atoms with Gasteiger partial charge in [-0.15, -0.1) is 0 Å². The zero-order chi connectivity index (χ0) is 26.6. The molecule has 0 radical (unpaired) electrons. The lowest BCUT2D eigenvalue weighted by Gasteiger charge is -2.26. The first-order valence-corrected chi connectivity index (χ1v) is 14.0. The summed E-state index contributed by atoms with van der Waals surface area (Å²) in [5.74, 6) is 2.16. The van der Waals surface area contributed by atoms with Crippen LogP contribution in [0, 0.1) is 11.7 Å². The molecule has 3 aromatic rings. The molecule has 8 heteroatoms. The number of benzene rings is 2. The summed E-state index contributed by atoms with van der Waals surface area (Å²) in [5.41, 5.74) is 2.81. The molecule has 6 rings (SSSR count). The third-order valence-electron chi connectivity index (χ3n) is 7.87. The van der Waals surface area contributed by atoms with Crippen LogP contribution >= 0.6 is 0 Å². The highest BCUT2D eigenvalue weighted by Crippen LogP contribution is 2.31. The van der Waals surface area contributed by atoms with E-state index in [1.54, 1.807) is 12.1 Å². The Hall–Kier alpha value is -3.65. The molecule has 3 aliphatic heterocycles. The summed E-state index contributed by atoms with van der Waals surface area (Å²) < 4.78 is 24.8. The summed E-state index contributed by atoms with van der Waals surface area (Å²) in [6.07, 6.45) is 3.96. The van der Waals surface area contributed by atoms with E-state index < -0.39 is 0 Å². The SMILES string of the molecule is O=C(NC(Cc1ccc2c(c1)OCCO2)CN1CCCC1)[C@@H]1CCN(c2cccc(-c3ccc(F)cc3)n2)C1. The van der Waals surface area contributed by atoms with Crippen molar-refractivity contribution in [3.63, 3.8) is 0 Å². The lowest BCUT2D eigenvalue weighted by molar-refractivity contribution is -0.125. The van der Waals surface area contributed by atoms with Crippen LogP contribution in [0.25, 0.3) is 11.3 Å². The molecule has 2 saturated heterocycles. The van der Waals surface area contributed by atoms with Crippen molar-refractivity contribution in [3.05, 3.63) is 72.0 Å². The normalized spacial score (nSPS) is 19.7. The first-order chi connectivity index (χ1) is 19.1. The summed E-state index contributed by atoms with van der Waals surface area (Å²) in [6.45, 7) is 5.55. The van der Waals surface area contributed by atoms with Gasteiger partial charge in [-0.2, -0.15) is 0 Å². The maximum absolute atomic E-state index is 13.5. The van der Waals surface area contributed by atoms with E-state index in [1.807, 2.05) is 24.3 Å². The Balaban J connectivity index is 1.11. The number of rotatable bonds is 8. The highest BCUT2D eigenvalue weighted by molar-refractivity contribution is 5.80. The Bertz CT molecular complexity index is 1300. The van der Waals surface area contributed by atoms with Gasteiger partial charge in [0.05, 0.1) is 11.6 Å². The van der Waals surface area contributed by atoms with E-state index in [1.165, 1.54) is 25.0 Å². The second-order valence-corrected chi connectivity index (χ2v) is 10.7. The van der Waals surface area contributed by atoms with E-state index in [9.17, 15) is 9.18 Å². The Morgan fingerprint density at radius 3 is 2.62 bits per heavy atom. The number of pyridine rings is 1. The number of halogens is 1. The number of amides is 1. The second-order valence-electron chi connectivity index (χ2n) is 10.7. The van der Waals surface area contributed by atoms with Gasteiger partial charge in [0, 0.05) is 31.2 Å². The maximum Gasteiger partial charge on any atom is 0.225 e. The summed E-state index contributed by atoms with van der Waals surface area (Å²) in [7, 11) is 0. The summed E-state index contributed by atoms with van der Waals surface area (Å²) in [4.78, 5) is 22.9. The van der Waals surface area contributed by atoms with Crippen LogP contribution < -0.4 is 19.7 Å². The Morgan fingerprint density at radius 1 is 1.00 bits per heavy atom. The first-order valence-electron chi connectivity index (χ1n) is 14.0. The van der Waals surface area contributed by atoms with Gasteiger partial charge in [0.15, 0.2) is 11.5 Å². The molecular weight excluding hydrogens is 495 g/mol. The van der Waals surface area contributed by atoms with Crippen LogP contribution in [0.5, 0.6) is 11.5 Å². The second kappa shape index (κ2) is 11.6. The smallest absolute Gasteiger partial charge is 0.225 e. The van der Waals surface area contributed by atoms with E-state index in [0.29, 0.717) is 19.8 Å². The molecule has 0 spiro atoms. The van der Waals surface area contributed by atoms with Crippen molar-refractivity contribution < 1.29 is 18.7 Å². The molecular formula is C31H35FN4O3. The molecule has 4 heterocycles. The van der Waals surface area contributed by atoms with E-state index in [-0.39, 0.29) is 23.7 Å². The van der Waals surface area contributed by atoms with Crippen LogP contribution in [0.2, 0.25) is 0 Å². The third-order valence-corrected chi connectivity index (χ3v) is 7.87. The van der Waals surface area contributed by atoms with Gasteiger partial charge < -0.3 is 24.6 Å². The lowest BCUT2D eigenvalue weighted by Crippen LogP contribution is -2.47. The molecule has 1 amide bonds. The molecule has 2 aromatic carbocycles. The number of nitrogens with zero attached hydrogens (tertiary/aromatic N) is 3. The van der Waals surface area contributed by atoms with Crippen molar-refractivity contribution in [2.24, 2.45) is 5.92 Å². The number of ether oxygens (including phenoxy) is 2. The molecule has 2 fully saturated rings. The largest absolute Gasteiger partial charge is 0.486 e. The van der Waals surface area contributed by atoms with Crippen molar-refractivity contribution in [2.75, 3.05) is 50.8 Å². The van der Waals surface area contributed by atoms with Gasteiger partial charge in [-0.1, -0.05) is 12.1 Å². The fraction of sp³-hybridized carbons (Fsp3) is 0.419. The number of likely N-dealkylation sites (tertiary alicyclic amines) is 1. The average molecular weight is 531 g/mol. The van der Waals surface area contributed by atoms with Gasteiger partial charge in [-0.25, -0.2) is 9.37 Å². The first kappa shape index (κ1) is 25.6. The Morgan fingerprint density at radius 2 is 1.79 bits per heavy atom. The fourth-order valence-corrected chi connectivity index (χ4v) is 5.82. The highest BCUT2D eigenvalue weighted by Gasteiger charge is 2.31. The number of nitrogens with one attached hydrogen (secondary N) is 1. The van der Waals surface area contributed by atoms with E-state index in [0.717, 1.165) is 73.2 Å². The molecule has 7 nitrogen and oxygen atoms in total. The van der Waals surface area contributed by atoms with Crippen LogP contribution in [0.15, 0.2) is 60.7 Å². The van der Waals surface area contributed by atoms with Gasteiger partial charge in [-0.3, -0.25) is 4.79 Å². The molecule has 2 atom stereocenters. The molecule has 0 bridgehead atoms. The van der Waals surface area contributed by atoms with E-state index in [2.05, 4.69) is 27.2 Å². The molecule has 0 saturated carbocycles. The molecule has 1 N–H and O–H groups in total. The summed E-state index contributed by atoms with van der Waals surface area (Å²) in [6, 6.07) is 18.4. The van der Waals surface area contributed by atoms with E-state index in [4.69, 9.17) is 14.5 Å². The Labute approximate surface area is 228 Å². The van der Waals surface area contributed by atoms with Gasteiger partial charge in [0.2, 0.25) is 5.91 Å². The fourth-order valence-electron chi connectivity index (χ4n) is 5.82. The van der Waals surface area contributed by atoms with Crippen molar-refractivity contribution >= 4 is 11.7 Å². The number of carbonyl (C=O) groups excluding carboxylic acids is 1. The minimum Gasteiger partial charge on any atom is -0.486 e. The monoisotopic (exact) mass is 530 g/mol. The molecule has 3 aliphatic rings. The van der Waals surface area contributed by atoms with Crippen LogP contribution in [0.4, 0.5) is 10.2 Å². The number of fused-ring (bicyclic) bond motifs is 1. The van der Waals surface area contributed by atoms with Gasteiger partial charge in [-0.05, 0) is 92.9 Å². The van der Waals surface area contributed by atoms with Gasteiger partial charge in [0.1, 0.15) is 24.8 Å². The van der Waals surface area contributed by atoms with Gasteiger partial charge in [0.25, 0.3) is 0 Å². The van der Waals surface area contributed by atoms with Gasteiger partial charge >= 0.3 is 0 Å². The highest BCUT2D eigenvalue weighted by atomic mass is 19.1. The number of carbonyl (C=O) groups is 1. The minimum absolute atomic E-state index is 0.0205. The third kappa shape index (κ3) is 6.17. The molecule has 1 unspecified atom stereocenters. The molecule has 0 aliphatic carbocycles. The zero-order valence-corrected chi connectivity index (χ0v) is 22.2. The minimum atomic E-state index is -0.264. The predicted molar refractivity (Wildman–Crippen MR) is 149 cm³/mol. The summed E-state index contributed by atoms with van der Waals surface area (Å²) >= 11 is 0. The molecule has 1 aromatic heterocycles. The van der Waals surface area contributed by atoms with E-state index >= 15 is 0 Å². The van der Waals surface area contributed by atoms with Crippen LogP contribution in [0.3, 0.4) is 0 Å². The standard InChI is InChI=1S/C31H35FN4O3/c32-25-9-7-23(8-10-25)27-4-3-5-30(34-27)36-15-12-24(20-36)31(37)33-26(21-35-13-1-2-14-35)18-22-6-11-28-29(19-22)39-17-16-38-28/h3-11,19,24,26H,1-2,12-18,20-21H2,(H,33,37)/t24-,26?/m1/s1. The zero-order valence-electron chi connectivity index (χ0n) is 22.2. The average Bonchev–Trinajstić information content (AvgIpc) is 3.66.